The Morgan fingerprint density at radius 3 is 2.95 bits per heavy atom. The number of hydrogen-bond donors (Lipinski definition) is 0. The molecule has 0 N–H and O–H groups in total. The van der Waals surface area contributed by atoms with Crippen molar-refractivity contribution in [3.63, 3.8) is 0 Å². The van der Waals surface area contributed by atoms with Gasteiger partial charge in [0, 0.05) is 37.0 Å². The smallest absolute Gasteiger partial charge is 0.243 e. The summed E-state index contributed by atoms with van der Waals surface area (Å²) < 4.78 is 39.5. The first kappa shape index (κ1) is 13.1. The molecular weight excluding hydrogens is 281 g/mol. The van der Waals surface area contributed by atoms with Gasteiger partial charge in [0.2, 0.25) is 10.0 Å². The number of rotatable bonds is 2. The molecule has 0 bridgehead atoms. The van der Waals surface area contributed by atoms with Crippen LogP contribution in [0.3, 0.4) is 0 Å². The highest BCUT2D eigenvalue weighted by molar-refractivity contribution is 7.89. The average Bonchev–Trinajstić information content (AvgIpc) is 2.46. The summed E-state index contributed by atoms with van der Waals surface area (Å²) in [5.74, 6) is -0.563. The summed E-state index contributed by atoms with van der Waals surface area (Å²) in [4.78, 5) is 8.01. The number of nitrogens with zero attached hydrogens (tertiary/aromatic N) is 3. The number of aromatic nitrogens is 2. The summed E-state index contributed by atoms with van der Waals surface area (Å²) in [5, 5.41) is 0. The van der Waals surface area contributed by atoms with Crippen LogP contribution < -0.4 is 0 Å². The van der Waals surface area contributed by atoms with Crippen molar-refractivity contribution >= 4 is 10.0 Å². The first-order valence-corrected chi connectivity index (χ1v) is 7.55. The molecule has 7 heteroatoms. The van der Waals surface area contributed by atoms with Gasteiger partial charge in [-0.05, 0) is 18.2 Å². The zero-order chi connectivity index (χ0) is 14.2. The molecule has 0 radical (unpaired) electrons. The van der Waals surface area contributed by atoms with Gasteiger partial charge in [0.25, 0.3) is 0 Å². The molecule has 0 atom stereocenters. The molecule has 1 aliphatic rings. The summed E-state index contributed by atoms with van der Waals surface area (Å²) in [6, 6.07) is 5.04. The summed E-state index contributed by atoms with van der Waals surface area (Å²) >= 11 is 0. The number of benzene rings is 1. The Morgan fingerprint density at radius 2 is 2.15 bits per heavy atom. The first-order valence-electron chi connectivity index (χ1n) is 6.11. The monoisotopic (exact) mass is 293 g/mol. The molecule has 1 aromatic heterocycles. The Labute approximate surface area is 116 Å². The lowest BCUT2D eigenvalue weighted by atomic mass is 10.1. The normalized spacial score (nSPS) is 15.8. The second-order valence-electron chi connectivity index (χ2n) is 4.54. The molecule has 1 aliphatic heterocycles. The molecule has 0 saturated carbocycles. The fraction of sp³-hybridized carbons (Fsp3) is 0.231. The van der Waals surface area contributed by atoms with E-state index in [-0.39, 0.29) is 11.4 Å². The summed E-state index contributed by atoms with van der Waals surface area (Å²) in [6.45, 7) is 0.553. The quantitative estimate of drug-likeness (QED) is 0.839. The highest BCUT2D eigenvalue weighted by Gasteiger charge is 2.29. The van der Waals surface area contributed by atoms with E-state index in [1.165, 1.54) is 28.8 Å². The molecule has 0 amide bonds. The average molecular weight is 293 g/mol. The molecule has 3 rings (SSSR count). The van der Waals surface area contributed by atoms with Gasteiger partial charge in [-0.25, -0.2) is 22.8 Å². The predicted molar refractivity (Wildman–Crippen MR) is 69.7 cm³/mol. The second kappa shape index (κ2) is 4.92. The minimum absolute atomic E-state index is 0.0298. The molecule has 2 aromatic rings. The lowest BCUT2D eigenvalue weighted by molar-refractivity contribution is 0.386. The maximum atomic E-state index is 13.2. The van der Waals surface area contributed by atoms with E-state index in [9.17, 15) is 12.8 Å². The summed E-state index contributed by atoms with van der Waals surface area (Å²) in [5.41, 5.74) is 1.66. The van der Waals surface area contributed by atoms with Crippen LogP contribution in [0.15, 0.2) is 41.7 Å². The predicted octanol–water partition coefficient (Wildman–Crippen LogP) is 1.36. The van der Waals surface area contributed by atoms with Crippen LogP contribution in [-0.4, -0.2) is 29.2 Å². The Bertz CT molecular complexity index is 749. The van der Waals surface area contributed by atoms with E-state index < -0.39 is 15.8 Å². The third-order valence-corrected chi connectivity index (χ3v) is 5.10. The highest BCUT2D eigenvalue weighted by atomic mass is 32.2. The minimum atomic E-state index is -3.69. The first-order chi connectivity index (χ1) is 9.57. The van der Waals surface area contributed by atoms with E-state index in [4.69, 9.17) is 0 Å². The Balaban J connectivity index is 1.94. The number of halogens is 1. The van der Waals surface area contributed by atoms with E-state index in [0.717, 1.165) is 17.3 Å². The van der Waals surface area contributed by atoms with Gasteiger partial charge in [0.05, 0.1) is 4.90 Å². The fourth-order valence-electron chi connectivity index (χ4n) is 2.22. The van der Waals surface area contributed by atoms with Crippen LogP contribution in [0.25, 0.3) is 0 Å². The summed E-state index contributed by atoms with van der Waals surface area (Å²) in [7, 11) is -3.69. The van der Waals surface area contributed by atoms with Gasteiger partial charge in [-0.15, -0.1) is 0 Å². The van der Waals surface area contributed by atoms with E-state index in [0.29, 0.717) is 13.0 Å². The van der Waals surface area contributed by atoms with Crippen molar-refractivity contribution in [3.8, 4) is 0 Å². The largest absolute Gasteiger partial charge is 0.244 e. The molecule has 0 fully saturated rings. The topological polar surface area (TPSA) is 63.2 Å². The van der Waals surface area contributed by atoms with Crippen LogP contribution in [0.1, 0.15) is 11.3 Å². The molecule has 1 aromatic carbocycles. The van der Waals surface area contributed by atoms with Gasteiger partial charge in [-0.2, -0.15) is 4.31 Å². The maximum absolute atomic E-state index is 13.2. The van der Waals surface area contributed by atoms with Crippen molar-refractivity contribution in [2.75, 3.05) is 6.54 Å². The van der Waals surface area contributed by atoms with Crippen LogP contribution in [-0.2, 0) is 23.0 Å². The zero-order valence-corrected chi connectivity index (χ0v) is 11.3. The van der Waals surface area contributed by atoms with Crippen molar-refractivity contribution < 1.29 is 12.8 Å². The van der Waals surface area contributed by atoms with Gasteiger partial charge in [-0.1, -0.05) is 6.07 Å². The fourth-order valence-corrected chi connectivity index (χ4v) is 3.67. The number of fused-ring (bicyclic) bond motifs is 1. The molecule has 0 unspecified atom stereocenters. The van der Waals surface area contributed by atoms with Crippen LogP contribution in [0.5, 0.6) is 0 Å². The van der Waals surface area contributed by atoms with Gasteiger partial charge in [0.1, 0.15) is 12.1 Å². The van der Waals surface area contributed by atoms with Crippen molar-refractivity contribution in [2.24, 2.45) is 0 Å². The third-order valence-electron chi connectivity index (χ3n) is 3.26. The van der Waals surface area contributed by atoms with Crippen LogP contribution in [0.4, 0.5) is 4.39 Å². The van der Waals surface area contributed by atoms with Crippen molar-refractivity contribution in [3.05, 3.63) is 53.9 Å². The minimum Gasteiger partial charge on any atom is -0.244 e. The lowest BCUT2D eigenvalue weighted by Gasteiger charge is -2.27. The molecule has 104 valence electrons. The van der Waals surface area contributed by atoms with Crippen LogP contribution in [0.2, 0.25) is 0 Å². The number of hydrogen-bond acceptors (Lipinski definition) is 4. The molecule has 0 spiro atoms. The van der Waals surface area contributed by atoms with E-state index >= 15 is 0 Å². The Kier molecular flexibility index (Phi) is 3.23. The molecule has 0 saturated heterocycles. The molecule has 0 aliphatic carbocycles. The van der Waals surface area contributed by atoms with E-state index in [1.54, 1.807) is 6.20 Å². The van der Waals surface area contributed by atoms with Crippen molar-refractivity contribution in [1.82, 2.24) is 14.3 Å². The SMILES string of the molecule is O=S(=O)(c1cccc(F)c1)N1CCc2ncncc2C1. The van der Waals surface area contributed by atoms with Crippen LogP contribution >= 0.6 is 0 Å². The third kappa shape index (κ3) is 2.30. The lowest BCUT2D eigenvalue weighted by Crippen LogP contribution is -2.36. The zero-order valence-electron chi connectivity index (χ0n) is 10.5. The maximum Gasteiger partial charge on any atom is 0.243 e. The van der Waals surface area contributed by atoms with Gasteiger partial charge in [0.15, 0.2) is 0 Å². The van der Waals surface area contributed by atoms with E-state index in [1.807, 2.05) is 0 Å². The van der Waals surface area contributed by atoms with Crippen molar-refractivity contribution in [1.29, 1.82) is 0 Å². The summed E-state index contributed by atoms with van der Waals surface area (Å²) in [6.07, 6.45) is 3.61. The Hall–Kier alpha value is -1.86. The van der Waals surface area contributed by atoms with Crippen molar-refractivity contribution in [2.45, 2.75) is 17.9 Å². The molecule has 2 heterocycles. The number of sulfonamides is 1. The molecular formula is C13H12FN3O2S. The molecule has 5 nitrogen and oxygen atoms in total. The van der Waals surface area contributed by atoms with Gasteiger partial charge in [-0.3, -0.25) is 0 Å². The highest BCUT2D eigenvalue weighted by Crippen LogP contribution is 2.23. The van der Waals surface area contributed by atoms with Gasteiger partial charge >= 0.3 is 0 Å². The van der Waals surface area contributed by atoms with Crippen LogP contribution in [0, 0.1) is 5.82 Å². The van der Waals surface area contributed by atoms with E-state index in [2.05, 4.69) is 9.97 Å². The standard InChI is InChI=1S/C13H12FN3O2S/c14-11-2-1-3-12(6-11)20(18,19)17-5-4-13-10(8-17)7-15-9-16-13/h1-3,6-7,9H,4-5,8H2. The Morgan fingerprint density at radius 1 is 1.30 bits per heavy atom. The molecule has 20 heavy (non-hydrogen) atoms. The second-order valence-corrected chi connectivity index (χ2v) is 6.48. The van der Waals surface area contributed by atoms with Gasteiger partial charge < -0.3 is 0 Å².